The van der Waals surface area contributed by atoms with Crippen LogP contribution in [0.1, 0.15) is 13.8 Å². The number of hydrogen-bond acceptors (Lipinski definition) is 4. The van der Waals surface area contributed by atoms with Gasteiger partial charge in [-0.1, -0.05) is 13.8 Å². The molecule has 0 fully saturated rings. The van der Waals surface area contributed by atoms with Gasteiger partial charge >= 0.3 is 0 Å². The molecule has 6 nitrogen and oxygen atoms in total. The third-order valence-corrected chi connectivity index (χ3v) is 2.45. The van der Waals surface area contributed by atoms with Gasteiger partial charge in [0.25, 0.3) is 0 Å². The van der Waals surface area contributed by atoms with Crippen molar-refractivity contribution in [2.24, 2.45) is 11.7 Å². The number of ether oxygens (including phenoxy) is 1. The minimum absolute atomic E-state index is 0.0891. The molecule has 19 heavy (non-hydrogen) atoms. The quantitative estimate of drug-likeness (QED) is 0.745. The molecule has 1 aromatic carbocycles. The van der Waals surface area contributed by atoms with Crippen LogP contribution in [0.3, 0.4) is 0 Å². The van der Waals surface area contributed by atoms with Gasteiger partial charge in [0, 0.05) is 17.7 Å². The fourth-order valence-electron chi connectivity index (χ4n) is 1.36. The first-order chi connectivity index (χ1) is 8.97. The van der Waals surface area contributed by atoms with Crippen molar-refractivity contribution >= 4 is 23.2 Å². The summed E-state index contributed by atoms with van der Waals surface area (Å²) in [6, 6.07) is 4.97. The summed E-state index contributed by atoms with van der Waals surface area (Å²) in [6.07, 6.45) is 0. The van der Waals surface area contributed by atoms with Gasteiger partial charge in [-0.05, 0) is 12.1 Å². The Balaban J connectivity index is 2.90. The van der Waals surface area contributed by atoms with E-state index >= 15 is 0 Å². The topological polar surface area (TPSA) is 93.4 Å². The van der Waals surface area contributed by atoms with Crippen LogP contribution < -0.4 is 21.1 Å². The number of carbonyl (C=O) groups excluding carboxylic acids is 2. The van der Waals surface area contributed by atoms with Gasteiger partial charge < -0.3 is 21.1 Å². The highest BCUT2D eigenvalue weighted by Gasteiger charge is 2.11. The molecule has 4 N–H and O–H groups in total. The van der Waals surface area contributed by atoms with Crippen LogP contribution in [0.15, 0.2) is 18.2 Å². The zero-order valence-corrected chi connectivity index (χ0v) is 11.3. The van der Waals surface area contributed by atoms with E-state index in [0.29, 0.717) is 17.1 Å². The molecular formula is C13H19N3O3. The molecule has 0 unspecified atom stereocenters. The van der Waals surface area contributed by atoms with Gasteiger partial charge in [0.1, 0.15) is 5.75 Å². The highest BCUT2D eigenvalue weighted by Crippen LogP contribution is 2.28. The Kier molecular flexibility index (Phi) is 5.32. The summed E-state index contributed by atoms with van der Waals surface area (Å²) in [7, 11) is 1.49. The first-order valence-electron chi connectivity index (χ1n) is 5.96. The maximum absolute atomic E-state index is 11.6. The molecule has 0 aromatic heterocycles. The number of methoxy groups -OCH3 is 1. The standard InChI is InChI=1S/C13H19N3O3/c1-8(2)13(18)16-10-5-4-9(6-11(10)19-3)15-12(17)7-14/h4-6,8H,7,14H2,1-3H3,(H,15,17)(H,16,18). The van der Waals surface area contributed by atoms with E-state index in [2.05, 4.69) is 10.6 Å². The molecule has 0 saturated heterocycles. The third-order valence-electron chi connectivity index (χ3n) is 2.45. The second-order valence-electron chi connectivity index (χ2n) is 4.31. The van der Waals surface area contributed by atoms with Crippen molar-refractivity contribution in [3.05, 3.63) is 18.2 Å². The van der Waals surface area contributed by atoms with Crippen LogP contribution in [0.25, 0.3) is 0 Å². The molecule has 0 atom stereocenters. The van der Waals surface area contributed by atoms with Crippen LogP contribution >= 0.6 is 0 Å². The first kappa shape index (κ1) is 15.0. The fraction of sp³-hybridized carbons (Fsp3) is 0.385. The highest BCUT2D eigenvalue weighted by atomic mass is 16.5. The predicted molar refractivity (Wildman–Crippen MR) is 74.1 cm³/mol. The van der Waals surface area contributed by atoms with Gasteiger partial charge in [0.05, 0.1) is 19.3 Å². The van der Waals surface area contributed by atoms with Gasteiger partial charge in [-0.3, -0.25) is 9.59 Å². The number of amides is 2. The third kappa shape index (κ3) is 4.26. The van der Waals surface area contributed by atoms with Crippen molar-refractivity contribution in [1.29, 1.82) is 0 Å². The van der Waals surface area contributed by atoms with E-state index < -0.39 is 0 Å². The molecule has 0 bridgehead atoms. The van der Waals surface area contributed by atoms with E-state index in [1.54, 1.807) is 32.0 Å². The molecule has 0 aliphatic rings. The van der Waals surface area contributed by atoms with E-state index in [9.17, 15) is 9.59 Å². The SMILES string of the molecule is COc1cc(NC(=O)CN)ccc1NC(=O)C(C)C. The van der Waals surface area contributed by atoms with Crippen molar-refractivity contribution in [2.45, 2.75) is 13.8 Å². The number of anilines is 2. The Morgan fingerprint density at radius 2 is 2.00 bits per heavy atom. The summed E-state index contributed by atoms with van der Waals surface area (Å²) >= 11 is 0. The number of nitrogens with one attached hydrogen (secondary N) is 2. The summed E-state index contributed by atoms with van der Waals surface area (Å²) in [5, 5.41) is 5.37. The van der Waals surface area contributed by atoms with Gasteiger partial charge in [-0.15, -0.1) is 0 Å². The van der Waals surface area contributed by atoms with Crippen molar-refractivity contribution < 1.29 is 14.3 Å². The second-order valence-corrected chi connectivity index (χ2v) is 4.31. The molecule has 1 rings (SSSR count). The van der Waals surface area contributed by atoms with Gasteiger partial charge in [-0.25, -0.2) is 0 Å². The summed E-state index contributed by atoms with van der Waals surface area (Å²) in [4.78, 5) is 22.8. The Morgan fingerprint density at radius 1 is 1.32 bits per heavy atom. The average Bonchev–Trinajstić information content (AvgIpc) is 2.39. The molecule has 0 saturated carbocycles. The maximum atomic E-state index is 11.6. The maximum Gasteiger partial charge on any atom is 0.238 e. The summed E-state index contributed by atoms with van der Waals surface area (Å²) in [5.41, 5.74) is 6.35. The van der Waals surface area contributed by atoms with Crippen LogP contribution in [0.5, 0.6) is 5.75 Å². The Bertz CT molecular complexity index is 472. The second kappa shape index (κ2) is 6.75. The first-order valence-corrected chi connectivity index (χ1v) is 5.96. The lowest BCUT2D eigenvalue weighted by Gasteiger charge is -2.13. The Morgan fingerprint density at radius 3 is 2.53 bits per heavy atom. The van der Waals surface area contributed by atoms with Crippen molar-refractivity contribution in [1.82, 2.24) is 0 Å². The molecule has 104 valence electrons. The van der Waals surface area contributed by atoms with Gasteiger partial charge in [0.15, 0.2) is 0 Å². The molecule has 6 heteroatoms. The molecule has 0 spiro atoms. The van der Waals surface area contributed by atoms with Gasteiger partial charge in [0.2, 0.25) is 11.8 Å². The fourth-order valence-corrected chi connectivity index (χ4v) is 1.36. The largest absolute Gasteiger partial charge is 0.494 e. The lowest BCUT2D eigenvalue weighted by atomic mass is 10.2. The van der Waals surface area contributed by atoms with Crippen LogP contribution in [-0.2, 0) is 9.59 Å². The number of benzene rings is 1. The van der Waals surface area contributed by atoms with Crippen molar-refractivity contribution in [3.63, 3.8) is 0 Å². The minimum Gasteiger partial charge on any atom is -0.494 e. The Labute approximate surface area is 112 Å². The normalized spacial score (nSPS) is 10.2. The smallest absolute Gasteiger partial charge is 0.238 e. The van der Waals surface area contributed by atoms with Crippen LogP contribution in [0, 0.1) is 5.92 Å². The van der Waals surface area contributed by atoms with E-state index in [1.807, 2.05) is 0 Å². The lowest BCUT2D eigenvalue weighted by Crippen LogP contribution is -2.22. The predicted octanol–water partition coefficient (Wildman–Crippen LogP) is 1.19. The molecule has 0 heterocycles. The van der Waals surface area contributed by atoms with E-state index in [4.69, 9.17) is 10.5 Å². The summed E-state index contributed by atoms with van der Waals surface area (Å²) < 4.78 is 5.18. The zero-order chi connectivity index (χ0) is 14.4. The molecular weight excluding hydrogens is 246 g/mol. The molecule has 1 aromatic rings. The lowest BCUT2D eigenvalue weighted by molar-refractivity contribution is -0.119. The van der Waals surface area contributed by atoms with E-state index in [-0.39, 0.29) is 24.3 Å². The average molecular weight is 265 g/mol. The number of carbonyl (C=O) groups is 2. The van der Waals surface area contributed by atoms with E-state index in [0.717, 1.165) is 0 Å². The minimum atomic E-state index is -0.291. The molecule has 0 radical (unpaired) electrons. The zero-order valence-electron chi connectivity index (χ0n) is 11.3. The van der Waals surface area contributed by atoms with E-state index in [1.165, 1.54) is 7.11 Å². The molecule has 0 aliphatic carbocycles. The van der Waals surface area contributed by atoms with Crippen LogP contribution in [-0.4, -0.2) is 25.5 Å². The molecule has 2 amide bonds. The Hall–Kier alpha value is -2.08. The van der Waals surface area contributed by atoms with Gasteiger partial charge in [-0.2, -0.15) is 0 Å². The van der Waals surface area contributed by atoms with Crippen molar-refractivity contribution in [2.75, 3.05) is 24.3 Å². The molecule has 0 aliphatic heterocycles. The highest BCUT2D eigenvalue weighted by molar-refractivity contribution is 5.95. The summed E-state index contributed by atoms with van der Waals surface area (Å²) in [6.45, 7) is 3.52. The van der Waals surface area contributed by atoms with Crippen LogP contribution in [0.2, 0.25) is 0 Å². The van der Waals surface area contributed by atoms with Crippen molar-refractivity contribution in [3.8, 4) is 5.75 Å². The number of hydrogen-bond donors (Lipinski definition) is 3. The number of rotatable bonds is 5. The summed E-state index contributed by atoms with van der Waals surface area (Å²) in [5.74, 6) is -0.0387. The monoisotopic (exact) mass is 265 g/mol. The number of nitrogens with two attached hydrogens (primary N) is 1. The van der Waals surface area contributed by atoms with Crippen LogP contribution in [0.4, 0.5) is 11.4 Å².